The summed E-state index contributed by atoms with van der Waals surface area (Å²) in [6.45, 7) is 8.42. The fourth-order valence-electron chi connectivity index (χ4n) is 2.64. The third-order valence-electron chi connectivity index (χ3n) is 3.80. The molecule has 0 amide bonds. The second-order valence-electron chi connectivity index (χ2n) is 6.55. The van der Waals surface area contributed by atoms with Crippen LogP contribution in [0.1, 0.15) is 39.3 Å². The van der Waals surface area contributed by atoms with E-state index in [0.717, 1.165) is 43.0 Å². The van der Waals surface area contributed by atoms with E-state index in [2.05, 4.69) is 41.8 Å². The lowest BCUT2D eigenvalue weighted by atomic mass is 9.92. The minimum atomic E-state index is 0.0419. The van der Waals surface area contributed by atoms with Gasteiger partial charge in [-0.1, -0.05) is 20.8 Å². The zero-order valence-corrected chi connectivity index (χ0v) is 13.1. The molecule has 3 rings (SSSR count). The first-order valence-electron chi connectivity index (χ1n) is 7.19. The highest BCUT2D eigenvalue weighted by Gasteiger charge is 2.23. The van der Waals surface area contributed by atoms with Crippen LogP contribution < -0.4 is 4.90 Å². The van der Waals surface area contributed by atoms with Crippen molar-refractivity contribution in [3.8, 4) is 0 Å². The zero-order chi connectivity index (χ0) is 14.3. The van der Waals surface area contributed by atoms with Crippen molar-refractivity contribution < 1.29 is 0 Å². The Bertz CT molecular complexity index is 614. The molecule has 0 radical (unpaired) electrons. The lowest BCUT2D eigenvalue weighted by Gasteiger charge is -2.30. The van der Waals surface area contributed by atoms with Crippen LogP contribution in [0.4, 0.5) is 5.82 Å². The number of fused-ring (bicyclic) bond motifs is 1. The van der Waals surface area contributed by atoms with Gasteiger partial charge in [0.05, 0.1) is 11.1 Å². The maximum Gasteiger partial charge on any atom is 0.154 e. The molecule has 1 saturated heterocycles. The summed E-state index contributed by atoms with van der Waals surface area (Å²) in [6.07, 6.45) is 5.95. The molecular formula is C15H21ClN4. The van der Waals surface area contributed by atoms with Crippen molar-refractivity contribution in [2.45, 2.75) is 44.4 Å². The molecule has 5 heteroatoms. The molecule has 4 nitrogen and oxygen atoms in total. The highest BCUT2D eigenvalue weighted by atomic mass is 35.5. The number of anilines is 1. The van der Waals surface area contributed by atoms with Gasteiger partial charge in [-0.3, -0.25) is 0 Å². The smallest absolute Gasteiger partial charge is 0.154 e. The van der Waals surface area contributed by atoms with E-state index in [1.54, 1.807) is 0 Å². The van der Waals surface area contributed by atoms with Gasteiger partial charge in [-0.05, 0) is 18.9 Å². The Balaban J connectivity index is 2.04. The summed E-state index contributed by atoms with van der Waals surface area (Å²) in [4.78, 5) is 6.85. The summed E-state index contributed by atoms with van der Waals surface area (Å²) >= 11 is 6.30. The molecule has 1 unspecified atom stereocenters. The quantitative estimate of drug-likeness (QED) is 0.757. The Morgan fingerprint density at radius 3 is 2.85 bits per heavy atom. The molecule has 0 bridgehead atoms. The summed E-state index contributed by atoms with van der Waals surface area (Å²) in [6, 6.07) is 2.15. The van der Waals surface area contributed by atoms with E-state index in [-0.39, 0.29) is 10.8 Å². The topological polar surface area (TPSA) is 33.4 Å². The predicted octanol–water partition coefficient (Wildman–Crippen LogP) is 3.23. The van der Waals surface area contributed by atoms with E-state index in [9.17, 15) is 0 Å². The second-order valence-corrected chi connectivity index (χ2v) is 7.16. The lowest BCUT2D eigenvalue weighted by molar-refractivity contribution is 0.562. The summed E-state index contributed by atoms with van der Waals surface area (Å²) in [5, 5.41) is 4.89. The standard InChI is InChI=1S/C15H21ClN4/c1-15(2,3)13-9-12-14(17-6-8-20(12)18-13)19-7-4-5-11(16)10-19/h6,8-9,11H,4-5,7,10H2,1-3H3. The van der Waals surface area contributed by atoms with Crippen LogP contribution in [-0.2, 0) is 5.41 Å². The minimum absolute atomic E-state index is 0.0419. The van der Waals surface area contributed by atoms with E-state index in [4.69, 9.17) is 11.6 Å². The van der Waals surface area contributed by atoms with Crippen LogP contribution >= 0.6 is 11.6 Å². The average Bonchev–Trinajstić information content (AvgIpc) is 2.82. The Morgan fingerprint density at radius 1 is 1.35 bits per heavy atom. The van der Waals surface area contributed by atoms with Crippen LogP contribution in [0.2, 0.25) is 0 Å². The maximum absolute atomic E-state index is 6.30. The van der Waals surface area contributed by atoms with Gasteiger partial charge in [0.15, 0.2) is 5.82 Å². The van der Waals surface area contributed by atoms with E-state index in [0.29, 0.717) is 0 Å². The molecule has 0 saturated carbocycles. The SMILES string of the molecule is CC(C)(C)c1cc2c(N3CCCC(Cl)C3)nccn2n1. The number of nitrogens with zero attached hydrogens (tertiary/aromatic N) is 4. The van der Waals surface area contributed by atoms with Crippen molar-refractivity contribution in [2.75, 3.05) is 18.0 Å². The fraction of sp³-hybridized carbons (Fsp3) is 0.600. The van der Waals surface area contributed by atoms with Gasteiger partial charge >= 0.3 is 0 Å². The molecule has 0 spiro atoms. The van der Waals surface area contributed by atoms with Crippen LogP contribution in [0.25, 0.3) is 5.52 Å². The molecule has 1 atom stereocenters. The average molecular weight is 293 g/mol. The number of hydrogen-bond donors (Lipinski definition) is 0. The Hall–Kier alpha value is -1.29. The van der Waals surface area contributed by atoms with Crippen molar-refractivity contribution >= 4 is 22.9 Å². The van der Waals surface area contributed by atoms with E-state index in [1.165, 1.54) is 0 Å². The molecule has 0 aromatic carbocycles. The number of rotatable bonds is 1. The monoisotopic (exact) mass is 292 g/mol. The number of halogens is 1. The Kier molecular flexibility index (Phi) is 3.36. The van der Waals surface area contributed by atoms with E-state index in [1.807, 2.05) is 16.9 Å². The summed E-state index contributed by atoms with van der Waals surface area (Å²) < 4.78 is 1.93. The van der Waals surface area contributed by atoms with Crippen LogP contribution in [0, 0.1) is 0 Å². The van der Waals surface area contributed by atoms with Crippen LogP contribution in [-0.4, -0.2) is 33.1 Å². The van der Waals surface area contributed by atoms with Gasteiger partial charge in [-0.2, -0.15) is 5.10 Å². The highest BCUT2D eigenvalue weighted by Crippen LogP contribution is 2.28. The van der Waals surface area contributed by atoms with Crippen molar-refractivity contribution in [1.82, 2.24) is 14.6 Å². The number of piperidine rings is 1. The molecule has 108 valence electrons. The zero-order valence-electron chi connectivity index (χ0n) is 12.3. The third-order valence-corrected chi connectivity index (χ3v) is 4.16. The van der Waals surface area contributed by atoms with Gasteiger partial charge in [-0.15, -0.1) is 11.6 Å². The van der Waals surface area contributed by atoms with Gasteiger partial charge in [0.2, 0.25) is 0 Å². The van der Waals surface area contributed by atoms with Gasteiger partial charge in [0.1, 0.15) is 5.52 Å². The summed E-state index contributed by atoms with van der Waals surface area (Å²) in [7, 11) is 0. The molecule has 1 aliphatic heterocycles. The summed E-state index contributed by atoms with van der Waals surface area (Å²) in [5.41, 5.74) is 2.20. The third kappa shape index (κ3) is 2.49. The normalized spacial score (nSPS) is 20.6. The molecule has 1 fully saturated rings. The molecule has 1 aliphatic rings. The first kappa shape index (κ1) is 13.7. The van der Waals surface area contributed by atoms with Crippen LogP contribution in [0.3, 0.4) is 0 Å². The van der Waals surface area contributed by atoms with Crippen molar-refractivity contribution in [3.63, 3.8) is 0 Å². The molecule has 2 aromatic heterocycles. The molecular weight excluding hydrogens is 272 g/mol. The molecule has 20 heavy (non-hydrogen) atoms. The van der Waals surface area contributed by atoms with Crippen molar-refractivity contribution in [1.29, 1.82) is 0 Å². The van der Waals surface area contributed by atoms with Gasteiger partial charge in [0.25, 0.3) is 0 Å². The predicted molar refractivity (Wildman–Crippen MR) is 82.8 cm³/mol. The van der Waals surface area contributed by atoms with E-state index < -0.39 is 0 Å². The molecule has 0 aliphatic carbocycles. The van der Waals surface area contributed by atoms with Gasteiger partial charge in [0, 0.05) is 30.9 Å². The van der Waals surface area contributed by atoms with Gasteiger partial charge < -0.3 is 4.90 Å². The minimum Gasteiger partial charge on any atom is -0.353 e. The lowest BCUT2D eigenvalue weighted by Crippen LogP contribution is -2.36. The van der Waals surface area contributed by atoms with Crippen LogP contribution in [0.15, 0.2) is 18.5 Å². The van der Waals surface area contributed by atoms with Crippen LogP contribution in [0.5, 0.6) is 0 Å². The van der Waals surface area contributed by atoms with Crippen molar-refractivity contribution in [3.05, 3.63) is 24.2 Å². The number of hydrogen-bond acceptors (Lipinski definition) is 3. The summed E-state index contributed by atoms with van der Waals surface area (Å²) in [5.74, 6) is 1.00. The first-order chi connectivity index (χ1) is 9.45. The highest BCUT2D eigenvalue weighted by molar-refractivity contribution is 6.21. The Morgan fingerprint density at radius 2 is 2.15 bits per heavy atom. The second kappa shape index (κ2) is 4.92. The maximum atomic E-state index is 6.30. The Labute approximate surface area is 124 Å². The first-order valence-corrected chi connectivity index (χ1v) is 7.63. The molecule has 2 aromatic rings. The number of alkyl halides is 1. The molecule has 0 N–H and O–H groups in total. The largest absolute Gasteiger partial charge is 0.353 e. The van der Waals surface area contributed by atoms with Gasteiger partial charge in [-0.25, -0.2) is 9.50 Å². The molecule has 3 heterocycles. The van der Waals surface area contributed by atoms with E-state index >= 15 is 0 Å². The fourth-order valence-corrected chi connectivity index (χ4v) is 2.96. The van der Waals surface area contributed by atoms with Crippen molar-refractivity contribution in [2.24, 2.45) is 0 Å². The number of aromatic nitrogens is 3.